The van der Waals surface area contributed by atoms with Crippen LogP contribution in [0.3, 0.4) is 0 Å². The van der Waals surface area contributed by atoms with E-state index in [1.165, 1.54) is 6.92 Å². The van der Waals surface area contributed by atoms with Gasteiger partial charge in [0.05, 0.1) is 5.52 Å². The molecule has 0 aliphatic carbocycles. The fraction of sp³-hybridized carbons (Fsp3) is 0.0833. The Bertz CT molecular complexity index is 564. The highest BCUT2D eigenvalue weighted by Crippen LogP contribution is 2.17. The second-order valence-corrected chi connectivity index (χ2v) is 3.44. The molecule has 0 saturated carbocycles. The minimum Gasteiger partial charge on any atom is -0.326 e. The van der Waals surface area contributed by atoms with E-state index < -0.39 is 0 Å². The highest BCUT2D eigenvalue weighted by molar-refractivity contribution is 5.92. The molecule has 1 amide bonds. The van der Waals surface area contributed by atoms with Gasteiger partial charge in [-0.05, 0) is 24.3 Å². The summed E-state index contributed by atoms with van der Waals surface area (Å²) in [5, 5.41) is 3.58. The summed E-state index contributed by atoms with van der Waals surface area (Å²) >= 11 is 0. The number of pyridine rings is 1. The van der Waals surface area contributed by atoms with Crippen molar-refractivity contribution in [3.8, 4) is 0 Å². The maximum absolute atomic E-state index is 10.9. The number of nitrogens with one attached hydrogen (secondary N) is 1. The van der Waals surface area contributed by atoms with Gasteiger partial charge in [-0.2, -0.15) is 0 Å². The third-order valence-electron chi connectivity index (χ3n) is 2.15. The molecule has 1 aromatic heterocycles. The van der Waals surface area contributed by atoms with Gasteiger partial charge < -0.3 is 5.32 Å². The molecule has 0 spiro atoms. The van der Waals surface area contributed by atoms with Gasteiger partial charge in [0, 0.05) is 18.0 Å². The standard InChI is InChI=1S/C12H10N2O2/c1-8(16)13-10-4-5-12-9(6-10)2-3-11(7-15)14-12/h2-7H,1H3,(H,13,16). The normalized spacial score (nSPS) is 10.1. The number of benzene rings is 1. The van der Waals surface area contributed by atoms with Crippen molar-refractivity contribution in [3.63, 3.8) is 0 Å². The second-order valence-electron chi connectivity index (χ2n) is 3.44. The molecule has 1 heterocycles. The van der Waals surface area contributed by atoms with Crippen molar-refractivity contribution in [1.29, 1.82) is 0 Å². The van der Waals surface area contributed by atoms with E-state index in [0.29, 0.717) is 12.0 Å². The number of amides is 1. The molecular formula is C12H10N2O2. The zero-order valence-corrected chi connectivity index (χ0v) is 8.73. The maximum atomic E-state index is 10.9. The van der Waals surface area contributed by atoms with Crippen LogP contribution in [-0.4, -0.2) is 17.2 Å². The van der Waals surface area contributed by atoms with Gasteiger partial charge in [-0.25, -0.2) is 4.98 Å². The number of aldehydes is 1. The summed E-state index contributed by atoms with van der Waals surface area (Å²) in [5.41, 5.74) is 1.86. The summed E-state index contributed by atoms with van der Waals surface area (Å²) in [4.78, 5) is 25.6. The van der Waals surface area contributed by atoms with Crippen LogP contribution in [0, 0.1) is 0 Å². The smallest absolute Gasteiger partial charge is 0.221 e. The SMILES string of the molecule is CC(=O)Nc1ccc2nc(C=O)ccc2c1. The van der Waals surface area contributed by atoms with Crippen LogP contribution in [0.5, 0.6) is 0 Å². The van der Waals surface area contributed by atoms with Crippen LogP contribution in [0.1, 0.15) is 17.4 Å². The Morgan fingerprint density at radius 2 is 2.12 bits per heavy atom. The van der Waals surface area contributed by atoms with E-state index in [2.05, 4.69) is 10.3 Å². The van der Waals surface area contributed by atoms with Crippen LogP contribution in [0.15, 0.2) is 30.3 Å². The van der Waals surface area contributed by atoms with Crippen LogP contribution in [0.4, 0.5) is 5.69 Å². The first-order valence-electron chi connectivity index (χ1n) is 4.82. The monoisotopic (exact) mass is 214 g/mol. The van der Waals surface area contributed by atoms with Gasteiger partial charge in [-0.15, -0.1) is 0 Å². The van der Waals surface area contributed by atoms with Crippen molar-refractivity contribution >= 4 is 28.8 Å². The van der Waals surface area contributed by atoms with Gasteiger partial charge in [0.2, 0.25) is 5.91 Å². The lowest BCUT2D eigenvalue weighted by atomic mass is 10.2. The molecule has 4 nitrogen and oxygen atoms in total. The zero-order valence-electron chi connectivity index (χ0n) is 8.73. The predicted molar refractivity (Wildman–Crippen MR) is 61.4 cm³/mol. The molecule has 16 heavy (non-hydrogen) atoms. The highest BCUT2D eigenvalue weighted by atomic mass is 16.1. The molecule has 2 rings (SSSR count). The van der Waals surface area contributed by atoms with Crippen molar-refractivity contribution in [2.45, 2.75) is 6.92 Å². The fourth-order valence-electron chi connectivity index (χ4n) is 1.49. The number of carbonyl (C=O) groups excluding carboxylic acids is 2. The molecule has 1 N–H and O–H groups in total. The third kappa shape index (κ3) is 2.06. The summed E-state index contributed by atoms with van der Waals surface area (Å²) in [6.45, 7) is 1.46. The van der Waals surface area contributed by atoms with Crippen molar-refractivity contribution in [3.05, 3.63) is 36.0 Å². The molecule has 0 unspecified atom stereocenters. The molecule has 80 valence electrons. The van der Waals surface area contributed by atoms with Crippen molar-refractivity contribution in [1.82, 2.24) is 4.98 Å². The predicted octanol–water partition coefficient (Wildman–Crippen LogP) is 2.01. The number of anilines is 1. The Kier molecular flexibility index (Phi) is 2.64. The lowest BCUT2D eigenvalue weighted by molar-refractivity contribution is -0.114. The van der Waals surface area contributed by atoms with Crippen LogP contribution in [0.2, 0.25) is 0 Å². The van der Waals surface area contributed by atoms with Gasteiger partial charge in [-0.3, -0.25) is 9.59 Å². The Balaban J connectivity index is 2.47. The minimum absolute atomic E-state index is 0.114. The largest absolute Gasteiger partial charge is 0.326 e. The average Bonchev–Trinajstić information content (AvgIpc) is 2.27. The molecule has 0 fully saturated rings. The van der Waals surface area contributed by atoms with Crippen LogP contribution in [0.25, 0.3) is 10.9 Å². The van der Waals surface area contributed by atoms with E-state index in [4.69, 9.17) is 0 Å². The molecule has 0 bridgehead atoms. The molecule has 0 saturated heterocycles. The Morgan fingerprint density at radius 1 is 1.31 bits per heavy atom. The van der Waals surface area contributed by atoms with Crippen molar-refractivity contribution in [2.24, 2.45) is 0 Å². The fourth-order valence-corrected chi connectivity index (χ4v) is 1.49. The number of hydrogen-bond acceptors (Lipinski definition) is 3. The topological polar surface area (TPSA) is 59.1 Å². The van der Waals surface area contributed by atoms with E-state index in [0.717, 1.165) is 16.6 Å². The lowest BCUT2D eigenvalue weighted by Crippen LogP contribution is -2.05. The van der Waals surface area contributed by atoms with Gasteiger partial charge in [0.15, 0.2) is 6.29 Å². The van der Waals surface area contributed by atoms with Crippen LogP contribution < -0.4 is 5.32 Å². The van der Waals surface area contributed by atoms with Crippen molar-refractivity contribution < 1.29 is 9.59 Å². The summed E-state index contributed by atoms with van der Waals surface area (Å²) in [6, 6.07) is 8.79. The van der Waals surface area contributed by atoms with Crippen molar-refractivity contribution in [2.75, 3.05) is 5.32 Å². The summed E-state index contributed by atoms with van der Waals surface area (Å²) in [6.07, 6.45) is 0.709. The van der Waals surface area contributed by atoms with E-state index >= 15 is 0 Å². The number of hydrogen-bond donors (Lipinski definition) is 1. The van der Waals surface area contributed by atoms with E-state index in [-0.39, 0.29) is 5.91 Å². The Hall–Kier alpha value is -2.23. The summed E-state index contributed by atoms with van der Waals surface area (Å²) in [7, 11) is 0. The molecule has 1 aromatic carbocycles. The summed E-state index contributed by atoms with van der Waals surface area (Å²) in [5.74, 6) is -0.114. The third-order valence-corrected chi connectivity index (χ3v) is 2.15. The summed E-state index contributed by atoms with van der Waals surface area (Å²) < 4.78 is 0. The number of carbonyl (C=O) groups is 2. The molecule has 4 heteroatoms. The molecule has 0 aliphatic rings. The number of rotatable bonds is 2. The Labute approximate surface area is 92.3 Å². The number of fused-ring (bicyclic) bond motifs is 1. The van der Waals surface area contributed by atoms with Gasteiger partial charge >= 0.3 is 0 Å². The molecule has 0 atom stereocenters. The zero-order chi connectivity index (χ0) is 11.5. The molecule has 2 aromatic rings. The lowest BCUT2D eigenvalue weighted by Gasteiger charge is -2.03. The number of nitrogens with zero attached hydrogens (tertiary/aromatic N) is 1. The minimum atomic E-state index is -0.114. The molecule has 0 radical (unpaired) electrons. The first-order chi connectivity index (χ1) is 7.69. The highest BCUT2D eigenvalue weighted by Gasteiger charge is 2.00. The van der Waals surface area contributed by atoms with Gasteiger partial charge in [-0.1, -0.05) is 6.07 Å². The van der Waals surface area contributed by atoms with Gasteiger partial charge in [0.25, 0.3) is 0 Å². The first kappa shape index (κ1) is 10.3. The second kappa shape index (κ2) is 4.10. The first-order valence-corrected chi connectivity index (χ1v) is 4.82. The molecular weight excluding hydrogens is 204 g/mol. The molecule has 0 aliphatic heterocycles. The van der Waals surface area contributed by atoms with E-state index in [1.807, 2.05) is 6.07 Å². The van der Waals surface area contributed by atoms with E-state index in [9.17, 15) is 9.59 Å². The number of aromatic nitrogens is 1. The van der Waals surface area contributed by atoms with Crippen LogP contribution >= 0.6 is 0 Å². The van der Waals surface area contributed by atoms with Crippen LogP contribution in [-0.2, 0) is 4.79 Å². The Morgan fingerprint density at radius 3 is 2.81 bits per heavy atom. The van der Waals surface area contributed by atoms with E-state index in [1.54, 1.807) is 24.3 Å². The van der Waals surface area contributed by atoms with Gasteiger partial charge in [0.1, 0.15) is 5.69 Å². The average molecular weight is 214 g/mol. The maximum Gasteiger partial charge on any atom is 0.221 e. The quantitative estimate of drug-likeness (QED) is 0.778.